The second-order valence-corrected chi connectivity index (χ2v) is 3.79. The molecular formula is C11H15N3O. The first-order valence-electron chi connectivity index (χ1n) is 5.40. The molecule has 0 radical (unpaired) electrons. The highest BCUT2D eigenvalue weighted by Gasteiger charge is 2.28. The summed E-state index contributed by atoms with van der Waals surface area (Å²) in [7, 11) is 0. The van der Waals surface area contributed by atoms with Gasteiger partial charge in [0.05, 0.1) is 6.20 Å². The summed E-state index contributed by atoms with van der Waals surface area (Å²) < 4.78 is 0. The molecule has 4 heteroatoms. The minimum atomic E-state index is 0.0208. The normalized spacial score (nSPS) is 20.6. The summed E-state index contributed by atoms with van der Waals surface area (Å²) in [5.41, 5.74) is 0.456. The van der Waals surface area contributed by atoms with Crippen molar-refractivity contribution in [3.63, 3.8) is 0 Å². The van der Waals surface area contributed by atoms with Crippen LogP contribution < -0.4 is 0 Å². The molecule has 1 aromatic rings. The third kappa shape index (κ3) is 1.98. The molecule has 1 atom stereocenters. The van der Waals surface area contributed by atoms with E-state index < -0.39 is 0 Å². The minimum absolute atomic E-state index is 0.0208. The quantitative estimate of drug-likeness (QED) is 0.734. The van der Waals surface area contributed by atoms with Gasteiger partial charge >= 0.3 is 0 Å². The van der Waals surface area contributed by atoms with Gasteiger partial charge in [-0.25, -0.2) is 4.98 Å². The molecule has 1 aliphatic heterocycles. The van der Waals surface area contributed by atoms with Crippen molar-refractivity contribution in [3.8, 4) is 0 Å². The van der Waals surface area contributed by atoms with Crippen molar-refractivity contribution in [1.29, 1.82) is 0 Å². The SMILES string of the molecule is CCC1CCCN1C(=O)c1cnccn1. The van der Waals surface area contributed by atoms with Crippen LogP contribution in [0.4, 0.5) is 0 Å². The van der Waals surface area contributed by atoms with Crippen LogP contribution in [0.25, 0.3) is 0 Å². The Kier molecular flexibility index (Phi) is 2.94. The number of amides is 1. The van der Waals surface area contributed by atoms with Gasteiger partial charge in [0.15, 0.2) is 0 Å². The Morgan fingerprint density at radius 3 is 3.13 bits per heavy atom. The summed E-state index contributed by atoms with van der Waals surface area (Å²) in [4.78, 5) is 21.9. The van der Waals surface area contributed by atoms with E-state index in [1.807, 2.05) is 4.90 Å². The van der Waals surface area contributed by atoms with E-state index in [9.17, 15) is 4.79 Å². The molecule has 2 heterocycles. The van der Waals surface area contributed by atoms with Gasteiger partial charge in [0, 0.05) is 25.0 Å². The van der Waals surface area contributed by atoms with E-state index in [2.05, 4.69) is 16.9 Å². The van der Waals surface area contributed by atoms with E-state index >= 15 is 0 Å². The zero-order valence-electron chi connectivity index (χ0n) is 8.89. The molecule has 15 heavy (non-hydrogen) atoms. The molecule has 0 spiro atoms. The van der Waals surface area contributed by atoms with Crippen LogP contribution in [0.3, 0.4) is 0 Å². The van der Waals surface area contributed by atoms with Crippen LogP contribution in [-0.2, 0) is 0 Å². The number of hydrogen-bond donors (Lipinski definition) is 0. The second-order valence-electron chi connectivity index (χ2n) is 3.79. The van der Waals surface area contributed by atoms with Crippen LogP contribution in [0.1, 0.15) is 36.7 Å². The topological polar surface area (TPSA) is 46.1 Å². The van der Waals surface area contributed by atoms with Crippen molar-refractivity contribution >= 4 is 5.91 Å². The number of rotatable bonds is 2. The van der Waals surface area contributed by atoms with Gasteiger partial charge in [-0.1, -0.05) is 6.92 Å². The zero-order valence-corrected chi connectivity index (χ0v) is 8.89. The smallest absolute Gasteiger partial charge is 0.274 e. The number of aromatic nitrogens is 2. The lowest BCUT2D eigenvalue weighted by molar-refractivity contribution is 0.0727. The summed E-state index contributed by atoms with van der Waals surface area (Å²) in [5.74, 6) is 0.0208. The van der Waals surface area contributed by atoms with Gasteiger partial charge in [0.25, 0.3) is 5.91 Å². The van der Waals surface area contributed by atoms with Crippen LogP contribution in [0.15, 0.2) is 18.6 Å². The van der Waals surface area contributed by atoms with Crippen molar-refractivity contribution < 1.29 is 4.79 Å². The Balaban J connectivity index is 2.14. The van der Waals surface area contributed by atoms with Crippen LogP contribution in [0.2, 0.25) is 0 Å². The van der Waals surface area contributed by atoms with Gasteiger partial charge in [-0.05, 0) is 19.3 Å². The molecule has 1 fully saturated rings. The van der Waals surface area contributed by atoms with Crippen molar-refractivity contribution in [2.45, 2.75) is 32.2 Å². The predicted molar refractivity (Wildman–Crippen MR) is 56.4 cm³/mol. The molecule has 1 aromatic heterocycles. The second kappa shape index (κ2) is 4.38. The van der Waals surface area contributed by atoms with Crippen molar-refractivity contribution in [1.82, 2.24) is 14.9 Å². The molecule has 80 valence electrons. The summed E-state index contributed by atoms with van der Waals surface area (Å²) in [6, 6.07) is 0.388. The fourth-order valence-electron chi connectivity index (χ4n) is 2.08. The molecule has 1 aliphatic rings. The first-order chi connectivity index (χ1) is 7.33. The Bertz CT molecular complexity index is 339. The standard InChI is InChI=1S/C11H15N3O/c1-2-9-4-3-7-14(9)11(15)10-8-12-5-6-13-10/h5-6,8-9H,2-4,7H2,1H3. The molecule has 1 unspecified atom stereocenters. The van der Waals surface area contributed by atoms with E-state index in [0.717, 1.165) is 25.8 Å². The fourth-order valence-corrected chi connectivity index (χ4v) is 2.08. The predicted octanol–water partition coefficient (Wildman–Crippen LogP) is 1.49. The van der Waals surface area contributed by atoms with Gasteiger partial charge in [-0.3, -0.25) is 9.78 Å². The third-order valence-corrected chi connectivity index (χ3v) is 2.89. The average Bonchev–Trinajstić information content (AvgIpc) is 2.77. The van der Waals surface area contributed by atoms with Gasteiger partial charge in [-0.15, -0.1) is 0 Å². The summed E-state index contributed by atoms with van der Waals surface area (Å²) in [6.45, 7) is 2.97. The van der Waals surface area contributed by atoms with Gasteiger partial charge in [0.2, 0.25) is 0 Å². The average molecular weight is 205 g/mol. The van der Waals surface area contributed by atoms with E-state index in [0.29, 0.717) is 11.7 Å². The number of hydrogen-bond acceptors (Lipinski definition) is 3. The molecule has 4 nitrogen and oxygen atoms in total. The molecule has 0 saturated carbocycles. The maximum absolute atomic E-state index is 12.0. The van der Waals surface area contributed by atoms with E-state index in [4.69, 9.17) is 0 Å². The Morgan fingerprint density at radius 1 is 1.60 bits per heavy atom. The summed E-state index contributed by atoms with van der Waals surface area (Å²) in [5, 5.41) is 0. The maximum Gasteiger partial charge on any atom is 0.274 e. The van der Waals surface area contributed by atoms with Crippen LogP contribution in [-0.4, -0.2) is 33.4 Å². The zero-order chi connectivity index (χ0) is 10.7. The van der Waals surface area contributed by atoms with Crippen molar-refractivity contribution in [3.05, 3.63) is 24.3 Å². The first kappa shape index (κ1) is 10.1. The minimum Gasteiger partial charge on any atom is -0.334 e. The summed E-state index contributed by atoms with van der Waals surface area (Å²) in [6.07, 6.45) is 7.91. The number of carbonyl (C=O) groups is 1. The lowest BCUT2D eigenvalue weighted by Gasteiger charge is -2.22. The molecule has 0 bridgehead atoms. The first-order valence-corrected chi connectivity index (χ1v) is 5.40. The van der Waals surface area contributed by atoms with Crippen molar-refractivity contribution in [2.75, 3.05) is 6.54 Å². The molecule has 2 rings (SSSR count). The van der Waals surface area contributed by atoms with Gasteiger partial charge < -0.3 is 4.90 Å². The lowest BCUT2D eigenvalue weighted by Crippen LogP contribution is -2.35. The van der Waals surface area contributed by atoms with Crippen LogP contribution >= 0.6 is 0 Å². The highest BCUT2D eigenvalue weighted by Crippen LogP contribution is 2.21. The van der Waals surface area contributed by atoms with Gasteiger partial charge in [-0.2, -0.15) is 0 Å². The monoisotopic (exact) mass is 205 g/mol. The fraction of sp³-hybridized carbons (Fsp3) is 0.545. The third-order valence-electron chi connectivity index (χ3n) is 2.89. The summed E-state index contributed by atoms with van der Waals surface area (Å²) >= 11 is 0. The van der Waals surface area contributed by atoms with Crippen LogP contribution in [0, 0.1) is 0 Å². The van der Waals surface area contributed by atoms with Crippen molar-refractivity contribution in [2.24, 2.45) is 0 Å². The molecule has 0 aliphatic carbocycles. The molecule has 0 N–H and O–H groups in total. The lowest BCUT2D eigenvalue weighted by atomic mass is 10.1. The molecule has 1 amide bonds. The highest BCUT2D eigenvalue weighted by molar-refractivity contribution is 5.92. The number of carbonyl (C=O) groups excluding carboxylic acids is 1. The Labute approximate surface area is 89.3 Å². The van der Waals surface area contributed by atoms with E-state index in [1.54, 1.807) is 12.4 Å². The van der Waals surface area contributed by atoms with Crippen LogP contribution in [0.5, 0.6) is 0 Å². The van der Waals surface area contributed by atoms with E-state index in [1.165, 1.54) is 6.20 Å². The van der Waals surface area contributed by atoms with Gasteiger partial charge in [0.1, 0.15) is 5.69 Å². The Hall–Kier alpha value is -1.45. The molecule has 0 aromatic carbocycles. The highest BCUT2D eigenvalue weighted by atomic mass is 16.2. The number of likely N-dealkylation sites (tertiary alicyclic amines) is 1. The number of nitrogens with zero attached hydrogens (tertiary/aromatic N) is 3. The Morgan fingerprint density at radius 2 is 2.47 bits per heavy atom. The molecule has 1 saturated heterocycles. The largest absolute Gasteiger partial charge is 0.334 e. The maximum atomic E-state index is 12.0. The molecular weight excluding hydrogens is 190 g/mol. The van der Waals surface area contributed by atoms with E-state index in [-0.39, 0.29) is 5.91 Å².